The molecule has 4 aromatic heterocycles. The first-order valence-electron chi connectivity index (χ1n) is 14.9. The second-order valence-electron chi connectivity index (χ2n) is 12.5. The number of β-amino-alcohol motifs (C(OH)–C–C–N with tert-alkyl or cyclic N) is 1. The van der Waals surface area contributed by atoms with Gasteiger partial charge in [-0.15, -0.1) is 0 Å². The minimum absolute atomic E-state index is 0.0994. The summed E-state index contributed by atoms with van der Waals surface area (Å²) in [6.07, 6.45) is 6.20. The number of hydrogen-bond donors (Lipinski definition) is 2. The van der Waals surface area contributed by atoms with Crippen molar-refractivity contribution < 1.29 is 14.6 Å². The largest absolute Gasteiger partial charge is 0.461 e. The van der Waals surface area contributed by atoms with Crippen LogP contribution in [-0.4, -0.2) is 54.6 Å². The third kappa shape index (κ3) is 5.98. The van der Waals surface area contributed by atoms with Crippen LogP contribution >= 0.6 is 0 Å². The summed E-state index contributed by atoms with van der Waals surface area (Å²) < 4.78 is 8.08. The minimum Gasteiger partial charge on any atom is -0.461 e. The molecule has 0 bridgehead atoms. The van der Waals surface area contributed by atoms with E-state index in [-0.39, 0.29) is 40.7 Å². The highest BCUT2D eigenvalue weighted by Gasteiger charge is 2.25. The molecule has 0 atom stereocenters. The van der Waals surface area contributed by atoms with Crippen molar-refractivity contribution in [2.75, 3.05) is 23.3 Å². The van der Waals surface area contributed by atoms with Crippen molar-refractivity contribution in [3.8, 4) is 16.9 Å². The van der Waals surface area contributed by atoms with Gasteiger partial charge in [-0.05, 0) is 52.9 Å². The average molecular weight is 622 g/mol. The number of anilines is 3. The number of fused-ring (bicyclic) bond motifs is 1. The Bertz CT molecular complexity index is 2070. The quantitative estimate of drug-likeness (QED) is 0.257. The number of aliphatic hydroxyl groups is 1. The molecule has 1 aliphatic rings. The zero-order chi connectivity index (χ0) is 32.7. The summed E-state index contributed by atoms with van der Waals surface area (Å²) >= 11 is 0. The number of carbonyl (C=O) groups is 1. The Hall–Kier alpha value is -5.36. The Kier molecular flexibility index (Phi) is 7.90. The predicted octanol–water partition coefficient (Wildman–Crippen LogP) is 3.83. The second-order valence-corrected chi connectivity index (χ2v) is 12.5. The molecule has 0 radical (unpaired) electrons. The molecule has 0 amide bonds. The van der Waals surface area contributed by atoms with Gasteiger partial charge in [0.15, 0.2) is 5.82 Å². The Balaban J connectivity index is 1.42. The van der Waals surface area contributed by atoms with E-state index in [2.05, 4.69) is 41.2 Å². The predicted molar refractivity (Wildman–Crippen MR) is 176 cm³/mol. The Morgan fingerprint density at radius 3 is 2.50 bits per heavy atom. The fourth-order valence-corrected chi connectivity index (χ4v) is 5.42. The van der Waals surface area contributed by atoms with Gasteiger partial charge in [0, 0.05) is 56.0 Å². The lowest BCUT2D eigenvalue weighted by Crippen LogP contribution is -2.50. The van der Waals surface area contributed by atoms with Crippen molar-refractivity contribution in [1.29, 1.82) is 0 Å². The van der Waals surface area contributed by atoms with E-state index in [1.165, 1.54) is 16.2 Å². The lowest BCUT2D eigenvalue weighted by Gasteiger charge is -2.37. The van der Waals surface area contributed by atoms with Crippen LogP contribution in [0.1, 0.15) is 38.8 Å². The first kappa shape index (κ1) is 30.7. The molecule has 5 heterocycles. The van der Waals surface area contributed by atoms with Crippen LogP contribution in [0.3, 0.4) is 0 Å². The first-order valence-corrected chi connectivity index (χ1v) is 14.9. The molecule has 0 saturated carbocycles. The van der Waals surface area contributed by atoms with Crippen LogP contribution in [0.2, 0.25) is 0 Å². The van der Waals surface area contributed by atoms with Crippen LogP contribution < -0.4 is 21.3 Å². The molecule has 12 heteroatoms. The highest BCUT2D eigenvalue weighted by atomic mass is 16.5. The van der Waals surface area contributed by atoms with Crippen molar-refractivity contribution >= 4 is 33.9 Å². The number of ether oxygens (including phenoxy) is 1. The van der Waals surface area contributed by atoms with Crippen molar-refractivity contribution in [1.82, 2.24) is 24.3 Å². The smallest absolute Gasteiger partial charge is 0.302 e. The fourth-order valence-electron chi connectivity index (χ4n) is 5.42. The van der Waals surface area contributed by atoms with E-state index in [0.29, 0.717) is 46.4 Å². The molecule has 1 aromatic carbocycles. The summed E-state index contributed by atoms with van der Waals surface area (Å²) in [7, 11) is 1.64. The van der Waals surface area contributed by atoms with Crippen molar-refractivity contribution in [3.05, 3.63) is 99.1 Å². The number of rotatable bonds is 7. The SMILES string of the molecule is CC(=O)OCc1c(-c2cc(Nc3ccc(N4CC(O)C4)cn3)c(=O)n(C)c2)ccnc1-n1ncc2cc(C(C)(C)C)ccc2c1=O. The van der Waals surface area contributed by atoms with E-state index in [0.717, 1.165) is 11.3 Å². The number of benzene rings is 1. The van der Waals surface area contributed by atoms with Crippen LogP contribution in [0, 0.1) is 0 Å². The maximum Gasteiger partial charge on any atom is 0.302 e. The van der Waals surface area contributed by atoms with Crippen molar-refractivity contribution in [2.45, 2.75) is 45.8 Å². The molecule has 0 unspecified atom stereocenters. The Labute approximate surface area is 264 Å². The van der Waals surface area contributed by atoms with Gasteiger partial charge in [0.1, 0.15) is 18.1 Å². The van der Waals surface area contributed by atoms with E-state index in [4.69, 9.17) is 4.74 Å². The molecule has 46 heavy (non-hydrogen) atoms. The van der Waals surface area contributed by atoms with Gasteiger partial charge in [-0.2, -0.15) is 9.78 Å². The summed E-state index contributed by atoms with van der Waals surface area (Å²) in [6.45, 7) is 8.55. The fraction of sp³-hybridized carbons (Fsp3) is 0.294. The average Bonchev–Trinajstić information content (AvgIpc) is 3.00. The molecular formula is C34H35N7O5. The van der Waals surface area contributed by atoms with E-state index >= 15 is 0 Å². The van der Waals surface area contributed by atoms with Crippen molar-refractivity contribution in [3.63, 3.8) is 0 Å². The number of aryl methyl sites for hydroxylation is 1. The molecule has 12 nitrogen and oxygen atoms in total. The normalized spacial score (nSPS) is 13.5. The number of hydrogen-bond acceptors (Lipinski definition) is 10. The third-order valence-electron chi connectivity index (χ3n) is 8.04. The van der Waals surface area contributed by atoms with Crippen LogP contribution in [0.15, 0.2) is 76.8 Å². The van der Waals surface area contributed by atoms with Crippen LogP contribution in [0.5, 0.6) is 0 Å². The van der Waals surface area contributed by atoms with Gasteiger partial charge < -0.3 is 24.6 Å². The molecule has 6 rings (SSSR count). The zero-order valence-electron chi connectivity index (χ0n) is 26.3. The molecule has 0 aliphatic carbocycles. The molecule has 1 saturated heterocycles. The minimum atomic E-state index is -0.501. The van der Waals surface area contributed by atoms with Gasteiger partial charge >= 0.3 is 5.97 Å². The van der Waals surface area contributed by atoms with E-state index < -0.39 is 5.97 Å². The summed E-state index contributed by atoms with van der Waals surface area (Å²) in [6, 6.07) is 12.8. The molecular weight excluding hydrogens is 586 g/mol. The zero-order valence-corrected chi connectivity index (χ0v) is 26.3. The number of carbonyl (C=O) groups excluding carboxylic acids is 1. The highest BCUT2D eigenvalue weighted by molar-refractivity contribution is 5.82. The molecule has 236 valence electrons. The monoisotopic (exact) mass is 621 g/mol. The van der Waals surface area contributed by atoms with Gasteiger partial charge in [0.25, 0.3) is 11.1 Å². The van der Waals surface area contributed by atoms with Crippen LogP contribution in [-0.2, 0) is 28.6 Å². The Morgan fingerprint density at radius 2 is 1.83 bits per heavy atom. The van der Waals surface area contributed by atoms with E-state index in [9.17, 15) is 19.5 Å². The highest BCUT2D eigenvalue weighted by Crippen LogP contribution is 2.30. The van der Waals surface area contributed by atoms with Crippen molar-refractivity contribution in [2.24, 2.45) is 7.05 Å². The third-order valence-corrected chi connectivity index (χ3v) is 8.04. The summed E-state index contributed by atoms with van der Waals surface area (Å²) in [5.41, 5.74) is 3.15. The molecule has 0 spiro atoms. The molecule has 1 aliphatic heterocycles. The van der Waals surface area contributed by atoms with Gasteiger partial charge in [0.2, 0.25) is 0 Å². The lowest BCUT2D eigenvalue weighted by atomic mass is 9.86. The molecule has 2 N–H and O–H groups in total. The Morgan fingerprint density at radius 1 is 1.04 bits per heavy atom. The first-order chi connectivity index (χ1) is 21.9. The maximum absolute atomic E-state index is 13.8. The number of aliphatic hydroxyl groups excluding tert-OH is 1. The van der Waals surface area contributed by atoms with Crippen LogP contribution in [0.25, 0.3) is 27.7 Å². The number of aromatic nitrogens is 5. The number of esters is 1. The topological polar surface area (TPSA) is 144 Å². The standard InChI is InChI=1S/C34H35N7O5/c1-20(42)46-19-28-26(10-11-35-31(28)41-32(44)27-8-6-23(34(2,3)4)12-21(27)14-37-41)22-13-29(33(45)39(5)16-22)38-30-9-7-24(15-36-30)40-17-25(43)18-40/h6-16,25,43H,17-19H2,1-5H3,(H,36,38). The van der Waals surface area contributed by atoms with Gasteiger partial charge in [-0.3, -0.25) is 14.4 Å². The van der Waals surface area contributed by atoms with Gasteiger partial charge in [0.05, 0.1) is 29.6 Å². The van der Waals surface area contributed by atoms with E-state index in [1.807, 2.05) is 23.1 Å². The molecule has 5 aromatic rings. The maximum atomic E-state index is 13.8. The van der Waals surface area contributed by atoms with Gasteiger partial charge in [-0.1, -0.05) is 26.8 Å². The molecule has 1 fully saturated rings. The van der Waals surface area contributed by atoms with Crippen LogP contribution in [0.4, 0.5) is 17.2 Å². The van der Waals surface area contributed by atoms with Gasteiger partial charge in [-0.25, -0.2) is 9.97 Å². The number of nitrogens with zero attached hydrogens (tertiary/aromatic N) is 6. The number of nitrogens with one attached hydrogen (secondary N) is 1. The summed E-state index contributed by atoms with van der Waals surface area (Å²) in [4.78, 5) is 49.8. The summed E-state index contributed by atoms with van der Waals surface area (Å²) in [5.74, 6) is 0.179. The lowest BCUT2D eigenvalue weighted by molar-refractivity contribution is -0.142. The number of pyridine rings is 3. The second kappa shape index (κ2) is 11.9. The van der Waals surface area contributed by atoms with E-state index in [1.54, 1.807) is 56.1 Å². The summed E-state index contributed by atoms with van der Waals surface area (Å²) in [5, 5.41) is 18.4.